The second kappa shape index (κ2) is 5.77. The third kappa shape index (κ3) is 2.58. The summed E-state index contributed by atoms with van der Waals surface area (Å²) in [4.78, 5) is 35.0. The molecule has 0 fully saturated rings. The molecule has 0 aliphatic carbocycles. The predicted molar refractivity (Wildman–Crippen MR) is 79.5 cm³/mol. The van der Waals surface area contributed by atoms with Crippen LogP contribution in [0.3, 0.4) is 0 Å². The van der Waals surface area contributed by atoms with E-state index < -0.39 is 12.1 Å². The molecule has 6 heteroatoms. The van der Waals surface area contributed by atoms with Gasteiger partial charge < -0.3 is 9.72 Å². The summed E-state index contributed by atoms with van der Waals surface area (Å²) >= 11 is 0. The number of benzene rings is 1. The summed E-state index contributed by atoms with van der Waals surface area (Å²) < 4.78 is 5.17. The zero-order valence-electron chi connectivity index (χ0n) is 11.8. The van der Waals surface area contributed by atoms with Crippen molar-refractivity contribution in [3.63, 3.8) is 0 Å². The van der Waals surface area contributed by atoms with Gasteiger partial charge in [-0.3, -0.25) is 9.78 Å². The van der Waals surface area contributed by atoms with Gasteiger partial charge in [0.25, 0.3) is 0 Å². The molecule has 3 rings (SSSR count). The molecule has 0 saturated carbocycles. The number of Topliss-reactive ketones (excluding diaryl/α,β-unsaturated/α-hetero) is 1. The van der Waals surface area contributed by atoms with E-state index in [9.17, 15) is 9.59 Å². The summed E-state index contributed by atoms with van der Waals surface area (Å²) in [6, 6.07) is 7.45. The van der Waals surface area contributed by atoms with Crippen LogP contribution >= 0.6 is 0 Å². The normalized spacial score (nSPS) is 12.0. The van der Waals surface area contributed by atoms with Crippen LogP contribution in [0.2, 0.25) is 0 Å². The Morgan fingerprint density at radius 3 is 2.82 bits per heavy atom. The number of ketones is 1. The monoisotopic (exact) mass is 295 g/mol. The van der Waals surface area contributed by atoms with Gasteiger partial charge >= 0.3 is 5.97 Å². The third-order valence-corrected chi connectivity index (χ3v) is 3.28. The third-order valence-electron chi connectivity index (χ3n) is 3.28. The number of nitrogens with zero attached hydrogens (tertiary/aromatic N) is 2. The molecular weight excluding hydrogens is 282 g/mol. The molecule has 0 bridgehead atoms. The molecule has 3 aromatic rings. The van der Waals surface area contributed by atoms with Crippen molar-refractivity contribution in [3.05, 3.63) is 60.3 Å². The molecule has 6 nitrogen and oxygen atoms in total. The largest absolute Gasteiger partial charge is 0.449 e. The average Bonchev–Trinajstić information content (AvgIpc) is 2.99. The van der Waals surface area contributed by atoms with Crippen molar-refractivity contribution in [1.82, 2.24) is 15.0 Å². The van der Waals surface area contributed by atoms with Crippen molar-refractivity contribution in [2.75, 3.05) is 0 Å². The Morgan fingerprint density at radius 1 is 1.23 bits per heavy atom. The highest BCUT2D eigenvalue weighted by molar-refractivity contribution is 6.10. The summed E-state index contributed by atoms with van der Waals surface area (Å²) in [5.41, 5.74) is 1.43. The van der Waals surface area contributed by atoms with Crippen LogP contribution in [-0.2, 0) is 4.74 Å². The molecule has 1 aromatic carbocycles. The molecule has 0 saturated heterocycles. The predicted octanol–water partition coefficient (Wildman–Crippen LogP) is 2.39. The number of aromatic amines is 1. The van der Waals surface area contributed by atoms with Crippen LogP contribution in [-0.4, -0.2) is 32.8 Å². The number of nitrogens with one attached hydrogen (secondary N) is 1. The first kappa shape index (κ1) is 13.9. The number of aromatic nitrogens is 3. The van der Waals surface area contributed by atoms with Crippen LogP contribution in [0.25, 0.3) is 10.9 Å². The second-order valence-electron chi connectivity index (χ2n) is 4.75. The Bertz CT molecular complexity index is 827. The van der Waals surface area contributed by atoms with Gasteiger partial charge in [-0.15, -0.1) is 0 Å². The number of hydrogen-bond acceptors (Lipinski definition) is 5. The Morgan fingerprint density at radius 2 is 2.05 bits per heavy atom. The lowest BCUT2D eigenvalue weighted by molar-refractivity contribution is 0.0313. The van der Waals surface area contributed by atoms with Crippen LogP contribution in [0.1, 0.15) is 27.8 Å². The Hall–Kier alpha value is -3.02. The van der Waals surface area contributed by atoms with E-state index in [1.165, 1.54) is 18.6 Å². The molecule has 2 aromatic heterocycles. The van der Waals surface area contributed by atoms with Gasteiger partial charge in [-0.1, -0.05) is 18.2 Å². The van der Waals surface area contributed by atoms with Gasteiger partial charge in [0.1, 0.15) is 0 Å². The van der Waals surface area contributed by atoms with Crippen molar-refractivity contribution in [3.8, 4) is 0 Å². The standard InChI is InChI=1S/C16H13N3O3/c1-10(22-16(21)14-9-17-6-7-18-14)15(20)12-8-19-13-5-3-2-4-11(12)13/h2-10,19H,1H3/t10-/m0/s1. The van der Waals surface area contributed by atoms with Crippen LogP contribution in [0, 0.1) is 0 Å². The van der Waals surface area contributed by atoms with Gasteiger partial charge in [0.05, 0.1) is 6.20 Å². The average molecular weight is 295 g/mol. The first-order valence-corrected chi connectivity index (χ1v) is 6.74. The molecule has 0 unspecified atom stereocenters. The number of rotatable bonds is 4. The van der Waals surface area contributed by atoms with E-state index in [4.69, 9.17) is 4.74 Å². The van der Waals surface area contributed by atoms with E-state index in [1.807, 2.05) is 24.3 Å². The maximum Gasteiger partial charge on any atom is 0.359 e. The van der Waals surface area contributed by atoms with E-state index in [-0.39, 0.29) is 11.5 Å². The van der Waals surface area contributed by atoms with Crippen LogP contribution in [0.15, 0.2) is 49.1 Å². The van der Waals surface area contributed by atoms with Crippen molar-refractivity contribution in [2.24, 2.45) is 0 Å². The highest BCUT2D eigenvalue weighted by Crippen LogP contribution is 2.20. The highest BCUT2D eigenvalue weighted by atomic mass is 16.5. The zero-order chi connectivity index (χ0) is 15.5. The maximum absolute atomic E-state index is 12.5. The molecule has 0 radical (unpaired) electrons. The molecule has 110 valence electrons. The fourth-order valence-electron chi connectivity index (χ4n) is 2.17. The van der Waals surface area contributed by atoms with E-state index in [0.717, 1.165) is 10.9 Å². The van der Waals surface area contributed by atoms with Crippen LogP contribution in [0.4, 0.5) is 0 Å². The number of ether oxygens (including phenoxy) is 1. The summed E-state index contributed by atoms with van der Waals surface area (Å²) in [5.74, 6) is -0.941. The number of carbonyl (C=O) groups excluding carboxylic acids is 2. The van der Waals surface area contributed by atoms with Crippen LogP contribution in [0.5, 0.6) is 0 Å². The summed E-state index contributed by atoms with van der Waals surface area (Å²) in [6.07, 6.45) is 4.86. The van der Waals surface area contributed by atoms with E-state index in [2.05, 4.69) is 15.0 Å². The Balaban J connectivity index is 1.79. The number of para-hydroxylation sites is 1. The Labute approximate surface area is 126 Å². The molecule has 1 atom stereocenters. The minimum Gasteiger partial charge on any atom is -0.449 e. The second-order valence-corrected chi connectivity index (χ2v) is 4.75. The lowest BCUT2D eigenvalue weighted by Crippen LogP contribution is -2.24. The van der Waals surface area contributed by atoms with E-state index in [1.54, 1.807) is 13.1 Å². The lowest BCUT2D eigenvalue weighted by atomic mass is 10.1. The van der Waals surface area contributed by atoms with Gasteiger partial charge in [0.15, 0.2) is 11.8 Å². The van der Waals surface area contributed by atoms with Crippen molar-refractivity contribution in [2.45, 2.75) is 13.0 Å². The summed E-state index contributed by atoms with van der Waals surface area (Å²) in [5, 5.41) is 0.801. The number of esters is 1. The maximum atomic E-state index is 12.5. The van der Waals surface area contributed by atoms with Gasteiger partial charge in [-0.2, -0.15) is 0 Å². The number of fused-ring (bicyclic) bond motifs is 1. The van der Waals surface area contributed by atoms with E-state index >= 15 is 0 Å². The van der Waals surface area contributed by atoms with Crippen LogP contribution < -0.4 is 0 Å². The minimum atomic E-state index is -0.909. The van der Waals surface area contributed by atoms with Gasteiger partial charge in [0, 0.05) is 35.1 Å². The molecule has 2 heterocycles. The van der Waals surface area contributed by atoms with Crippen molar-refractivity contribution in [1.29, 1.82) is 0 Å². The smallest absolute Gasteiger partial charge is 0.359 e. The topological polar surface area (TPSA) is 84.9 Å². The highest BCUT2D eigenvalue weighted by Gasteiger charge is 2.23. The number of H-pyrrole nitrogens is 1. The first-order valence-electron chi connectivity index (χ1n) is 6.74. The Kier molecular flexibility index (Phi) is 3.65. The molecule has 0 aliphatic rings. The van der Waals surface area contributed by atoms with Gasteiger partial charge in [-0.05, 0) is 13.0 Å². The minimum absolute atomic E-state index is 0.0704. The quantitative estimate of drug-likeness (QED) is 0.590. The first-order chi connectivity index (χ1) is 10.7. The summed E-state index contributed by atoms with van der Waals surface area (Å²) in [6.45, 7) is 1.54. The van der Waals surface area contributed by atoms with Crippen molar-refractivity contribution >= 4 is 22.7 Å². The number of hydrogen-bond donors (Lipinski definition) is 1. The molecule has 22 heavy (non-hydrogen) atoms. The molecule has 0 aliphatic heterocycles. The fourth-order valence-corrected chi connectivity index (χ4v) is 2.17. The molecular formula is C16H13N3O3. The number of carbonyl (C=O) groups is 2. The van der Waals surface area contributed by atoms with Gasteiger partial charge in [-0.25, -0.2) is 9.78 Å². The fraction of sp³-hybridized carbons (Fsp3) is 0.125. The van der Waals surface area contributed by atoms with Gasteiger partial charge in [0.2, 0.25) is 5.78 Å². The van der Waals surface area contributed by atoms with Crippen molar-refractivity contribution < 1.29 is 14.3 Å². The van der Waals surface area contributed by atoms with E-state index in [0.29, 0.717) is 5.56 Å². The zero-order valence-corrected chi connectivity index (χ0v) is 11.8. The molecule has 1 N–H and O–H groups in total. The SMILES string of the molecule is C[C@H](OC(=O)c1cnccn1)C(=O)c1c[nH]c2ccccc12. The molecule has 0 spiro atoms. The molecule has 0 amide bonds. The summed E-state index contributed by atoms with van der Waals surface area (Å²) in [7, 11) is 0. The lowest BCUT2D eigenvalue weighted by Gasteiger charge is -2.11.